The minimum absolute atomic E-state index is 0.0695. The second-order valence-corrected chi connectivity index (χ2v) is 8.11. The molecule has 30 heavy (non-hydrogen) atoms. The van der Waals surface area contributed by atoms with Crippen molar-refractivity contribution in [1.82, 2.24) is 0 Å². The number of carbonyl (C=O) groups is 2. The van der Waals surface area contributed by atoms with Gasteiger partial charge >= 0.3 is 15.1 Å². The van der Waals surface area contributed by atoms with Gasteiger partial charge in [0.05, 0.1) is 0 Å². The van der Waals surface area contributed by atoms with Crippen LogP contribution in [0.3, 0.4) is 0 Å². The van der Waals surface area contributed by atoms with Crippen molar-refractivity contribution in [3.05, 3.63) is 70.3 Å². The summed E-state index contributed by atoms with van der Waals surface area (Å²) < 4.78 is 13.8. The second kappa shape index (κ2) is 11.8. The maximum Gasteiger partial charge on any atom is 0.317 e. The molecule has 1 aliphatic rings. The summed E-state index contributed by atoms with van der Waals surface area (Å²) in [7, 11) is 1.17. The highest BCUT2D eigenvalue weighted by Crippen LogP contribution is 2.34. The summed E-state index contributed by atoms with van der Waals surface area (Å²) in [4.78, 5) is 26.6. The Bertz CT molecular complexity index is 834. The van der Waals surface area contributed by atoms with Crippen LogP contribution in [0, 0.1) is 32.6 Å². The normalized spacial score (nSPS) is 14.9. The molecule has 0 N–H and O–H groups in total. The maximum atomic E-state index is 13.5. The Balaban J connectivity index is 0.00000155. The Kier molecular flexibility index (Phi) is 9.39. The number of ketones is 1. The highest BCUT2D eigenvalue weighted by molar-refractivity contribution is 7.00. The zero-order chi connectivity index (χ0) is 22.1. The average Bonchev–Trinajstić information content (AvgIpc) is 2.75. The van der Waals surface area contributed by atoms with Crippen LogP contribution < -0.4 is 0 Å². The van der Waals surface area contributed by atoms with E-state index in [0.29, 0.717) is 5.56 Å². The van der Waals surface area contributed by atoms with Crippen molar-refractivity contribution in [2.24, 2.45) is 11.8 Å². The smallest absolute Gasteiger partial charge is 0.317 e. The summed E-state index contributed by atoms with van der Waals surface area (Å²) in [5, 5.41) is 0. The number of ether oxygens (including phenoxy) is 1. The largest absolute Gasteiger partial charge is 0.460 e. The fraction of sp³-hybridized carbons (Fsp3) is 0.440. The first-order valence-corrected chi connectivity index (χ1v) is 11.0. The lowest BCUT2D eigenvalue weighted by Gasteiger charge is -2.28. The molecule has 2 aromatic carbocycles. The van der Waals surface area contributed by atoms with Crippen molar-refractivity contribution in [2.45, 2.75) is 59.5 Å². The standard InChI is InChI=1S/C25H30O3.H2OP/c1-17-14-18(2)22(19(3)15-17)24(26)23(21-12-8-5-9-13-21)25(27)28-16-20-10-6-4-7-11-20;1-2/h4,6-7,10-11,14-15,21,23H,5,8-9,12-13,16H2,1-3H3;2H2/q;+1. The molecule has 0 aliphatic heterocycles. The lowest BCUT2D eigenvalue weighted by Crippen LogP contribution is -2.35. The third kappa shape index (κ3) is 6.09. The van der Waals surface area contributed by atoms with E-state index in [2.05, 4.69) is 0 Å². The molecule has 0 saturated heterocycles. The molecule has 0 heterocycles. The van der Waals surface area contributed by atoms with Crippen LogP contribution in [-0.4, -0.2) is 11.8 Å². The second-order valence-electron chi connectivity index (χ2n) is 8.11. The molecular weight excluding hydrogens is 395 g/mol. The van der Waals surface area contributed by atoms with Gasteiger partial charge in [0.15, 0.2) is 5.78 Å². The van der Waals surface area contributed by atoms with Gasteiger partial charge in [-0.1, -0.05) is 71.9 Å². The molecule has 0 aromatic heterocycles. The van der Waals surface area contributed by atoms with Crippen molar-refractivity contribution in [1.29, 1.82) is 0 Å². The third-order valence-corrected chi connectivity index (χ3v) is 5.80. The van der Waals surface area contributed by atoms with Crippen molar-refractivity contribution in [3.63, 3.8) is 0 Å². The number of benzene rings is 2. The van der Waals surface area contributed by atoms with Crippen LogP contribution >= 0.6 is 9.12 Å². The fourth-order valence-corrected chi connectivity index (χ4v) is 4.52. The van der Waals surface area contributed by atoms with Gasteiger partial charge in [-0.15, -0.1) is 0 Å². The van der Waals surface area contributed by atoms with Crippen LogP contribution in [-0.2, 0) is 20.7 Å². The molecule has 4 nitrogen and oxygen atoms in total. The van der Waals surface area contributed by atoms with E-state index in [1.54, 1.807) is 0 Å². The molecule has 2 atom stereocenters. The van der Waals surface area contributed by atoms with E-state index in [1.807, 2.05) is 63.2 Å². The zero-order valence-electron chi connectivity index (χ0n) is 18.1. The van der Waals surface area contributed by atoms with Gasteiger partial charge in [0.1, 0.15) is 12.5 Å². The topological polar surface area (TPSA) is 60.4 Å². The third-order valence-electron chi connectivity index (χ3n) is 5.80. The van der Waals surface area contributed by atoms with Crippen LogP contribution in [0.5, 0.6) is 0 Å². The molecule has 160 valence electrons. The number of Topliss-reactive ketones (excluding diaryl/α,β-unsaturated/α-hetero) is 1. The Morgan fingerprint density at radius 1 is 0.967 bits per heavy atom. The number of rotatable bonds is 6. The fourth-order valence-electron chi connectivity index (χ4n) is 4.52. The van der Waals surface area contributed by atoms with E-state index in [4.69, 9.17) is 9.30 Å². The van der Waals surface area contributed by atoms with E-state index in [0.717, 1.165) is 47.9 Å². The van der Waals surface area contributed by atoms with E-state index >= 15 is 0 Å². The number of esters is 1. The van der Waals surface area contributed by atoms with Crippen molar-refractivity contribution in [3.8, 4) is 0 Å². The summed E-state index contributed by atoms with van der Waals surface area (Å²) in [5.74, 6) is -1.08. The monoisotopic (exact) mass is 427 g/mol. The minimum Gasteiger partial charge on any atom is -0.460 e. The lowest BCUT2D eigenvalue weighted by atomic mass is 9.75. The number of aryl methyl sites for hydroxylation is 3. The van der Waals surface area contributed by atoms with Gasteiger partial charge in [0, 0.05) is 5.56 Å². The van der Waals surface area contributed by atoms with E-state index in [-0.39, 0.29) is 24.3 Å². The molecule has 0 radical (unpaired) electrons. The van der Waals surface area contributed by atoms with Gasteiger partial charge < -0.3 is 4.74 Å². The Morgan fingerprint density at radius 3 is 2.10 bits per heavy atom. The van der Waals surface area contributed by atoms with Crippen molar-refractivity contribution < 1.29 is 18.9 Å². The summed E-state index contributed by atoms with van der Waals surface area (Å²) >= 11 is 0. The molecule has 5 heteroatoms. The van der Waals surface area contributed by atoms with Gasteiger partial charge in [-0.05, 0) is 56.2 Å². The molecule has 0 amide bonds. The highest BCUT2D eigenvalue weighted by atomic mass is 31.0. The molecular formula is C25H32O4P+. The molecule has 3 rings (SSSR count). The first-order valence-electron chi connectivity index (χ1n) is 10.5. The van der Waals surface area contributed by atoms with Gasteiger partial charge in [-0.2, -0.15) is 0 Å². The average molecular weight is 428 g/mol. The van der Waals surface area contributed by atoms with Crippen LogP contribution in [0.1, 0.15) is 64.7 Å². The maximum absolute atomic E-state index is 13.5. The molecule has 1 aliphatic carbocycles. The predicted molar refractivity (Wildman–Crippen MR) is 122 cm³/mol. The first-order chi connectivity index (χ1) is 14.5. The zero-order valence-corrected chi connectivity index (χ0v) is 19.3. The van der Waals surface area contributed by atoms with Gasteiger partial charge in [-0.3, -0.25) is 9.59 Å². The summed E-state index contributed by atoms with van der Waals surface area (Å²) in [6, 6.07) is 13.7. The van der Waals surface area contributed by atoms with Gasteiger partial charge in [0.2, 0.25) is 0 Å². The Hall–Kier alpha value is -2.32. The molecule has 1 fully saturated rings. The van der Waals surface area contributed by atoms with Crippen LogP contribution in [0.25, 0.3) is 0 Å². The molecule has 2 unspecified atom stereocenters. The van der Waals surface area contributed by atoms with E-state index in [1.165, 1.54) is 15.5 Å². The molecule has 1 saturated carbocycles. The van der Waals surface area contributed by atoms with Crippen LogP contribution in [0.4, 0.5) is 0 Å². The van der Waals surface area contributed by atoms with Crippen LogP contribution in [0.2, 0.25) is 0 Å². The van der Waals surface area contributed by atoms with E-state index < -0.39 is 5.92 Å². The number of carbonyl (C=O) groups excluding carboxylic acids is 2. The van der Waals surface area contributed by atoms with Crippen LogP contribution in [0.15, 0.2) is 42.5 Å². The van der Waals surface area contributed by atoms with E-state index in [9.17, 15) is 9.59 Å². The number of hydrogen-bond donors (Lipinski definition) is 0. The Labute approximate surface area is 181 Å². The SMILES string of the molecule is Cc1cc(C)c(C(=O)C(C(=O)OCc2ccccc2)C2CCCCC2)c(C)c1.O=[PH2+]. The minimum atomic E-state index is -0.705. The molecule has 0 bridgehead atoms. The predicted octanol–water partition coefficient (Wildman–Crippen LogP) is 5.94. The Morgan fingerprint density at radius 2 is 1.53 bits per heavy atom. The summed E-state index contributed by atoms with van der Waals surface area (Å²) in [6.07, 6.45) is 5.17. The summed E-state index contributed by atoms with van der Waals surface area (Å²) in [5.41, 5.74) is 4.65. The lowest BCUT2D eigenvalue weighted by molar-refractivity contribution is -0.150. The van der Waals surface area contributed by atoms with Gasteiger partial charge in [0.25, 0.3) is 0 Å². The van der Waals surface area contributed by atoms with Crippen molar-refractivity contribution >= 4 is 20.9 Å². The first kappa shape index (κ1) is 24.0. The number of hydrogen-bond acceptors (Lipinski definition) is 4. The molecule has 2 aromatic rings. The highest BCUT2D eigenvalue weighted by Gasteiger charge is 2.38. The summed E-state index contributed by atoms with van der Waals surface area (Å²) in [6.45, 7) is 6.16. The quantitative estimate of drug-likeness (QED) is 0.248. The van der Waals surface area contributed by atoms with Gasteiger partial charge in [-0.25, -0.2) is 0 Å². The molecule has 0 spiro atoms. The van der Waals surface area contributed by atoms with Crippen molar-refractivity contribution in [2.75, 3.05) is 0 Å².